The molecule has 0 unspecified atom stereocenters. The summed E-state index contributed by atoms with van der Waals surface area (Å²) in [6.45, 7) is 9.57. The summed E-state index contributed by atoms with van der Waals surface area (Å²) in [5.74, 6) is 1.78. The number of hydrogen-bond acceptors (Lipinski definition) is 7. The molecule has 0 amide bonds. The lowest BCUT2D eigenvalue weighted by atomic mass is 10.1. The number of esters is 1. The van der Waals surface area contributed by atoms with Gasteiger partial charge in [0.2, 0.25) is 5.78 Å². The van der Waals surface area contributed by atoms with Gasteiger partial charge < -0.3 is 28.3 Å². The average Bonchev–Trinajstić information content (AvgIpc) is 3.25. The molecule has 0 N–H and O–H groups in total. The molecule has 0 saturated heterocycles. The van der Waals surface area contributed by atoms with Gasteiger partial charge in [0.1, 0.15) is 13.2 Å². The van der Waals surface area contributed by atoms with Crippen molar-refractivity contribution in [1.29, 1.82) is 0 Å². The van der Waals surface area contributed by atoms with Crippen LogP contribution in [0, 0.1) is 13.8 Å². The highest BCUT2D eigenvalue weighted by Gasteiger charge is 2.20. The van der Waals surface area contributed by atoms with Crippen molar-refractivity contribution in [3.63, 3.8) is 0 Å². The summed E-state index contributed by atoms with van der Waals surface area (Å²) < 4.78 is 30.0. The molecule has 0 bridgehead atoms. The van der Waals surface area contributed by atoms with Crippen molar-refractivity contribution in [3.05, 3.63) is 71.1 Å². The Bertz CT molecular complexity index is 1360. The number of hydrogen-bond donors (Lipinski definition) is 0. The smallest absolute Gasteiger partial charge is 0.331 e. The molecule has 8 nitrogen and oxygen atoms in total. The molecule has 4 rings (SSSR count). The van der Waals surface area contributed by atoms with E-state index in [0.717, 1.165) is 35.5 Å². The Hall–Kier alpha value is -4.20. The minimum absolute atomic E-state index is 0.277. The van der Waals surface area contributed by atoms with Gasteiger partial charge >= 0.3 is 5.97 Å². The lowest BCUT2D eigenvalue weighted by Gasteiger charge is -2.20. The second-order valence-corrected chi connectivity index (χ2v) is 9.15. The van der Waals surface area contributed by atoms with Crippen LogP contribution in [0.2, 0.25) is 0 Å². The Balaban J connectivity index is 1.39. The van der Waals surface area contributed by atoms with Crippen LogP contribution in [0.1, 0.15) is 54.0 Å². The quantitative estimate of drug-likeness (QED) is 0.124. The van der Waals surface area contributed by atoms with E-state index in [1.807, 2.05) is 61.7 Å². The maximum Gasteiger partial charge on any atom is 0.331 e. The number of rotatable bonds is 12. The largest absolute Gasteiger partial charge is 0.490 e. The van der Waals surface area contributed by atoms with Crippen molar-refractivity contribution in [2.24, 2.45) is 0 Å². The summed E-state index contributed by atoms with van der Waals surface area (Å²) in [7, 11) is 0. The summed E-state index contributed by atoms with van der Waals surface area (Å²) in [6.07, 6.45) is 4.92. The molecular weight excluding hydrogens is 498 g/mol. The third-order valence-corrected chi connectivity index (χ3v) is 6.30. The van der Waals surface area contributed by atoms with Gasteiger partial charge in [-0.05, 0) is 69.2 Å². The number of ketones is 1. The molecule has 1 aromatic heterocycles. The van der Waals surface area contributed by atoms with E-state index in [4.69, 9.17) is 23.7 Å². The summed E-state index contributed by atoms with van der Waals surface area (Å²) in [4.78, 5) is 25.3. The van der Waals surface area contributed by atoms with Gasteiger partial charge in [-0.15, -0.1) is 0 Å². The molecule has 2 heterocycles. The zero-order chi connectivity index (χ0) is 27.8. The molecule has 0 radical (unpaired) electrons. The molecule has 0 saturated carbocycles. The standard InChI is InChI=1S/C31H35NO7/c1-5-7-14-36-27-11-8-23(18-29(27)35-6-2)9-13-31(34)39-20-26(33)25-17-21(3)32(22(25)4)24-10-12-28-30(19-24)38-16-15-37-28/h8-13,17-19H,5-7,14-16,20H2,1-4H3/b13-9+. The Morgan fingerprint density at radius 3 is 2.51 bits per heavy atom. The van der Waals surface area contributed by atoms with Gasteiger partial charge in [0.05, 0.1) is 13.2 Å². The zero-order valence-corrected chi connectivity index (χ0v) is 23.0. The Morgan fingerprint density at radius 1 is 0.949 bits per heavy atom. The van der Waals surface area contributed by atoms with Crippen molar-refractivity contribution >= 4 is 17.8 Å². The number of carbonyl (C=O) groups excluding carboxylic acids is 2. The van der Waals surface area contributed by atoms with E-state index in [1.54, 1.807) is 12.1 Å². The van der Waals surface area contributed by atoms with E-state index in [-0.39, 0.29) is 12.4 Å². The van der Waals surface area contributed by atoms with Crippen LogP contribution in [0.5, 0.6) is 23.0 Å². The van der Waals surface area contributed by atoms with Gasteiger partial charge in [0.25, 0.3) is 0 Å². The predicted molar refractivity (Wildman–Crippen MR) is 149 cm³/mol. The highest BCUT2D eigenvalue weighted by molar-refractivity contribution is 6.00. The van der Waals surface area contributed by atoms with Crippen LogP contribution < -0.4 is 18.9 Å². The monoisotopic (exact) mass is 533 g/mol. The number of carbonyl (C=O) groups is 2. The molecule has 1 aliphatic heterocycles. The molecule has 0 fully saturated rings. The van der Waals surface area contributed by atoms with Crippen molar-refractivity contribution in [1.82, 2.24) is 4.57 Å². The third kappa shape index (κ3) is 6.82. The molecule has 0 spiro atoms. The minimum Gasteiger partial charge on any atom is -0.490 e. The first-order valence-electron chi connectivity index (χ1n) is 13.3. The normalized spacial score (nSPS) is 12.4. The van der Waals surface area contributed by atoms with E-state index >= 15 is 0 Å². The summed E-state index contributed by atoms with van der Waals surface area (Å²) in [5.41, 5.74) is 3.75. The summed E-state index contributed by atoms with van der Waals surface area (Å²) >= 11 is 0. The maximum atomic E-state index is 12.9. The topological polar surface area (TPSA) is 85.2 Å². The Labute approximate surface area is 229 Å². The van der Waals surface area contributed by atoms with Crippen molar-refractivity contribution in [3.8, 4) is 28.7 Å². The molecule has 3 aromatic rings. The zero-order valence-electron chi connectivity index (χ0n) is 23.0. The number of aromatic nitrogens is 1. The van der Waals surface area contributed by atoms with Crippen LogP contribution in [0.15, 0.2) is 48.5 Å². The average molecular weight is 534 g/mol. The van der Waals surface area contributed by atoms with Gasteiger partial charge in [0, 0.05) is 34.8 Å². The number of unbranched alkanes of at least 4 members (excludes halogenated alkanes) is 1. The molecule has 0 aliphatic carbocycles. The highest BCUT2D eigenvalue weighted by Crippen LogP contribution is 2.33. The number of ether oxygens (including phenoxy) is 5. The van der Waals surface area contributed by atoms with Crippen LogP contribution in [0.4, 0.5) is 0 Å². The SMILES string of the molecule is CCCCOc1ccc(/C=C/C(=O)OCC(=O)c2cc(C)n(-c3ccc4c(c3)OCCO4)c2C)cc1OCC. The van der Waals surface area contributed by atoms with Crippen molar-refractivity contribution in [2.45, 2.75) is 40.5 Å². The molecule has 2 aromatic carbocycles. The molecule has 39 heavy (non-hydrogen) atoms. The van der Waals surface area contributed by atoms with E-state index in [0.29, 0.717) is 55.0 Å². The van der Waals surface area contributed by atoms with Crippen LogP contribution in [0.25, 0.3) is 11.8 Å². The van der Waals surface area contributed by atoms with Gasteiger partial charge in [-0.1, -0.05) is 19.4 Å². The number of Topliss-reactive ketones (excluding diaryl/α,β-unsaturated/α-hetero) is 1. The first-order chi connectivity index (χ1) is 18.9. The lowest BCUT2D eigenvalue weighted by Crippen LogP contribution is -2.16. The van der Waals surface area contributed by atoms with E-state index in [1.165, 1.54) is 6.08 Å². The van der Waals surface area contributed by atoms with Gasteiger partial charge in [-0.2, -0.15) is 0 Å². The number of benzene rings is 2. The number of nitrogens with zero attached hydrogens (tertiary/aromatic N) is 1. The van der Waals surface area contributed by atoms with Gasteiger partial charge in [-0.3, -0.25) is 4.79 Å². The van der Waals surface area contributed by atoms with Crippen LogP contribution >= 0.6 is 0 Å². The van der Waals surface area contributed by atoms with Crippen molar-refractivity contribution < 1.29 is 33.3 Å². The fourth-order valence-electron chi connectivity index (χ4n) is 4.38. The second kappa shape index (κ2) is 13.0. The van der Waals surface area contributed by atoms with Crippen LogP contribution in [-0.4, -0.2) is 49.4 Å². The van der Waals surface area contributed by atoms with Gasteiger partial charge in [0.15, 0.2) is 29.6 Å². The summed E-state index contributed by atoms with van der Waals surface area (Å²) in [5, 5.41) is 0. The molecule has 1 aliphatic rings. The Kier molecular flexibility index (Phi) is 9.31. The first-order valence-corrected chi connectivity index (χ1v) is 13.3. The van der Waals surface area contributed by atoms with Crippen LogP contribution in [-0.2, 0) is 9.53 Å². The third-order valence-electron chi connectivity index (χ3n) is 6.30. The Morgan fingerprint density at radius 2 is 1.74 bits per heavy atom. The molecular formula is C31H35NO7. The van der Waals surface area contributed by atoms with Crippen LogP contribution in [0.3, 0.4) is 0 Å². The lowest BCUT2D eigenvalue weighted by molar-refractivity contribution is -0.136. The first kappa shape index (κ1) is 27.8. The van der Waals surface area contributed by atoms with Crippen molar-refractivity contribution in [2.75, 3.05) is 33.0 Å². The highest BCUT2D eigenvalue weighted by atomic mass is 16.6. The molecule has 0 atom stereocenters. The van der Waals surface area contributed by atoms with E-state index in [9.17, 15) is 9.59 Å². The second-order valence-electron chi connectivity index (χ2n) is 9.15. The minimum atomic E-state index is -0.606. The fraction of sp³-hybridized carbons (Fsp3) is 0.355. The fourth-order valence-corrected chi connectivity index (χ4v) is 4.38. The maximum absolute atomic E-state index is 12.9. The molecule has 206 valence electrons. The summed E-state index contributed by atoms with van der Waals surface area (Å²) in [6, 6.07) is 13.0. The predicted octanol–water partition coefficient (Wildman–Crippen LogP) is 5.88. The number of fused-ring (bicyclic) bond motifs is 1. The molecule has 8 heteroatoms. The van der Waals surface area contributed by atoms with E-state index in [2.05, 4.69) is 6.92 Å². The number of aryl methyl sites for hydroxylation is 1. The van der Waals surface area contributed by atoms with Gasteiger partial charge in [-0.25, -0.2) is 4.79 Å². The van der Waals surface area contributed by atoms with E-state index < -0.39 is 5.97 Å².